The molecule has 1 aliphatic heterocycles. The molecule has 0 radical (unpaired) electrons. The van der Waals surface area contributed by atoms with E-state index in [0.29, 0.717) is 30.0 Å². The van der Waals surface area contributed by atoms with Gasteiger partial charge in [0.25, 0.3) is 11.8 Å². The number of aromatic amines is 1. The summed E-state index contributed by atoms with van der Waals surface area (Å²) in [7, 11) is 0. The van der Waals surface area contributed by atoms with Crippen molar-refractivity contribution in [2.75, 3.05) is 12.3 Å². The summed E-state index contributed by atoms with van der Waals surface area (Å²) in [5.74, 6) is -0.475. The molecule has 0 unspecified atom stereocenters. The number of anilines is 1. The second-order valence-electron chi connectivity index (χ2n) is 4.67. The highest BCUT2D eigenvalue weighted by atomic mass is 32.1. The van der Waals surface area contributed by atoms with Crippen LogP contribution in [0, 0.1) is 0 Å². The molecule has 3 rings (SSSR count). The molecule has 0 aliphatic carbocycles. The first-order chi connectivity index (χ1) is 10.1. The number of amides is 2. The largest absolute Gasteiger partial charge is 0.383 e. The van der Waals surface area contributed by atoms with Crippen molar-refractivity contribution in [3.05, 3.63) is 33.1 Å². The Morgan fingerprint density at radius 2 is 2.33 bits per heavy atom. The summed E-state index contributed by atoms with van der Waals surface area (Å²) >= 11 is 1.27. The van der Waals surface area contributed by atoms with Gasteiger partial charge in [-0.1, -0.05) is 0 Å². The lowest BCUT2D eigenvalue weighted by Gasteiger charge is -2.26. The van der Waals surface area contributed by atoms with E-state index in [9.17, 15) is 9.59 Å². The minimum absolute atomic E-state index is 0.187. The van der Waals surface area contributed by atoms with Gasteiger partial charge >= 0.3 is 0 Å². The van der Waals surface area contributed by atoms with Crippen molar-refractivity contribution in [2.45, 2.75) is 13.0 Å². The van der Waals surface area contributed by atoms with Crippen LogP contribution in [0.5, 0.6) is 0 Å². The summed E-state index contributed by atoms with van der Waals surface area (Å²) in [6, 6.07) is 1.75. The Morgan fingerprint density at radius 1 is 1.52 bits per heavy atom. The molecule has 110 valence electrons. The smallest absolute Gasteiger partial charge is 0.284 e. The van der Waals surface area contributed by atoms with E-state index >= 15 is 0 Å². The lowest BCUT2D eigenvalue weighted by Crippen LogP contribution is -2.35. The van der Waals surface area contributed by atoms with Crippen molar-refractivity contribution >= 4 is 29.0 Å². The second kappa shape index (κ2) is 5.19. The maximum Gasteiger partial charge on any atom is 0.284 e. The van der Waals surface area contributed by atoms with Crippen LogP contribution in [0.1, 0.15) is 30.5 Å². The quantitative estimate of drug-likeness (QED) is 0.471. The number of aromatic nitrogens is 2. The van der Waals surface area contributed by atoms with Crippen LogP contribution in [0.15, 0.2) is 12.3 Å². The number of nitrogen functional groups attached to an aromatic ring is 1. The summed E-state index contributed by atoms with van der Waals surface area (Å²) in [6.45, 7) is 0.968. The van der Waals surface area contributed by atoms with E-state index in [-0.39, 0.29) is 11.7 Å². The first-order valence-electron chi connectivity index (χ1n) is 6.24. The van der Waals surface area contributed by atoms with Crippen molar-refractivity contribution in [1.82, 2.24) is 20.6 Å². The monoisotopic (exact) mass is 307 g/mol. The zero-order valence-corrected chi connectivity index (χ0v) is 11.7. The molecule has 21 heavy (non-hydrogen) atoms. The lowest BCUT2D eigenvalue weighted by molar-refractivity contribution is 0.0709. The average molecular weight is 307 g/mol. The lowest BCUT2D eigenvalue weighted by atomic mass is 10.1. The van der Waals surface area contributed by atoms with Crippen LogP contribution in [0.25, 0.3) is 0 Å². The van der Waals surface area contributed by atoms with Crippen LogP contribution in [-0.4, -0.2) is 38.7 Å². The molecule has 2 aromatic heterocycles. The maximum atomic E-state index is 12.4. The highest BCUT2D eigenvalue weighted by molar-refractivity contribution is 7.14. The fourth-order valence-corrected chi connectivity index (χ4v) is 3.41. The number of nitrogens with one attached hydrogen (secondary N) is 2. The van der Waals surface area contributed by atoms with Crippen LogP contribution in [0.4, 0.5) is 5.82 Å². The molecule has 0 bridgehead atoms. The summed E-state index contributed by atoms with van der Waals surface area (Å²) in [5.41, 5.74) is 8.66. The number of thiophene rings is 1. The SMILES string of the molecule is Nc1[nH]ncc1C(=O)N1CCc2cc(C(=O)NO)sc2C1. The number of H-pyrrole nitrogens is 1. The summed E-state index contributed by atoms with van der Waals surface area (Å²) in [4.78, 5) is 26.8. The zero-order chi connectivity index (χ0) is 15.0. The fraction of sp³-hybridized carbons (Fsp3) is 0.250. The fourth-order valence-electron chi connectivity index (χ4n) is 2.30. The molecule has 0 saturated carbocycles. The first-order valence-corrected chi connectivity index (χ1v) is 7.06. The molecule has 0 fully saturated rings. The van der Waals surface area contributed by atoms with E-state index in [1.54, 1.807) is 16.4 Å². The summed E-state index contributed by atoms with van der Waals surface area (Å²) in [5, 5.41) is 14.9. The Kier molecular flexibility index (Phi) is 3.35. The molecule has 0 atom stereocenters. The number of fused-ring (bicyclic) bond motifs is 1. The Balaban J connectivity index is 1.81. The molecule has 0 aromatic carbocycles. The number of carbonyl (C=O) groups is 2. The van der Waals surface area contributed by atoms with Gasteiger partial charge in [-0.05, 0) is 18.1 Å². The van der Waals surface area contributed by atoms with Gasteiger partial charge in [-0.25, -0.2) is 5.48 Å². The molecular weight excluding hydrogens is 294 g/mol. The second-order valence-corrected chi connectivity index (χ2v) is 5.81. The Hall–Kier alpha value is -2.39. The van der Waals surface area contributed by atoms with Crippen LogP contribution in [0.2, 0.25) is 0 Å². The normalized spacial score (nSPS) is 13.9. The molecule has 9 heteroatoms. The van der Waals surface area contributed by atoms with Crippen molar-refractivity contribution in [3.8, 4) is 0 Å². The van der Waals surface area contributed by atoms with Gasteiger partial charge in [0.05, 0.1) is 17.6 Å². The van der Waals surface area contributed by atoms with Gasteiger partial charge in [0.2, 0.25) is 0 Å². The van der Waals surface area contributed by atoms with Gasteiger partial charge in [-0.3, -0.25) is 19.9 Å². The van der Waals surface area contributed by atoms with Gasteiger partial charge in [0, 0.05) is 11.4 Å². The summed E-state index contributed by atoms with van der Waals surface area (Å²) < 4.78 is 0. The third kappa shape index (κ3) is 2.36. The van der Waals surface area contributed by atoms with Crippen LogP contribution < -0.4 is 11.2 Å². The highest BCUT2D eigenvalue weighted by Gasteiger charge is 2.26. The number of hydroxylamine groups is 1. The predicted molar refractivity (Wildman–Crippen MR) is 75.0 cm³/mol. The third-order valence-electron chi connectivity index (χ3n) is 3.39. The molecular formula is C12H13N5O3S. The molecule has 0 saturated heterocycles. The van der Waals surface area contributed by atoms with Crippen LogP contribution in [0.3, 0.4) is 0 Å². The van der Waals surface area contributed by atoms with Gasteiger partial charge in [-0.2, -0.15) is 5.10 Å². The number of nitrogens with zero attached hydrogens (tertiary/aromatic N) is 2. The van der Waals surface area contributed by atoms with E-state index < -0.39 is 5.91 Å². The van der Waals surface area contributed by atoms with E-state index in [1.807, 2.05) is 0 Å². The molecule has 2 amide bonds. The standard InChI is InChI=1S/C12H13N5O3S/c13-10-7(4-14-15-10)12(19)17-2-1-6-3-8(11(18)16-20)21-9(6)5-17/h3-4,20H,1-2,5H2,(H,16,18)(H3,13,14,15). The molecule has 2 aromatic rings. The number of rotatable bonds is 2. The first kappa shape index (κ1) is 13.6. The number of hydrogen-bond acceptors (Lipinski definition) is 6. The van der Waals surface area contributed by atoms with Crippen LogP contribution in [-0.2, 0) is 13.0 Å². The minimum Gasteiger partial charge on any atom is -0.383 e. The van der Waals surface area contributed by atoms with Crippen molar-refractivity contribution in [3.63, 3.8) is 0 Å². The molecule has 8 nitrogen and oxygen atoms in total. The van der Waals surface area contributed by atoms with E-state index in [4.69, 9.17) is 10.9 Å². The van der Waals surface area contributed by atoms with Gasteiger partial charge < -0.3 is 10.6 Å². The highest BCUT2D eigenvalue weighted by Crippen LogP contribution is 2.29. The molecule has 5 N–H and O–H groups in total. The predicted octanol–water partition coefficient (Wildman–Crippen LogP) is 0.371. The van der Waals surface area contributed by atoms with E-state index in [0.717, 1.165) is 10.4 Å². The topological polar surface area (TPSA) is 124 Å². The Labute approximate surface area is 123 Å². The zero-order valence-electron chi connectivity index (χ0n) is 10.9. The summed E-state index contributed by atoms with van der Waals surface area (Å²) in [6.07, 6.45) is 2.07. The number of carbonyl (C=O) groups excluding carboxylic acids is 2. The van der Waals surface area contributed by atoms with Crippen molar-refractivity contribution in [2.24, 2.45) is 0 Å². The van der Waals surface area contributed by atoms with Gasteiger partial charge in [-0.15, -0.1) is 11.3 Å². The van der Waals surface area contributed by atoms with E-state index in [1.165, 1.54) is 17.5 Å². The van der Waals surface area contributed by atoms with Crippen molar-refractivity contribution < 1.29 is 14.8 Å². The van der Waals surface area contributed by atoms with Gasteiger partial charge in [0.1, 0.15) is 11.4 Å². The number of nitrogens with two attached hydrogens (primary N) is 1. The Morgan fingerprint density at radius 3 is 3.00 bits per heavy atom. The minimum atomic E-state index is -0.536. The van der Waals surface area contributed by atoms with E-state index in [2.05, 4.69) is 10.2 Å². The van der Waals surface area contributed by atoms with Crippen molar-refractivity contribution in [1.29, 1.82) is 0 Å². The Bertz CT molecular complexity index is 708. The molecule has 3 heterocycles. The molecule has 0 spiro atoms. The molecule has 1 aliphatic rings. The van der Waals surface area contributed by atoms with Crippen LogP contribution >= 0.6 is 11.3 Å². The maximum absolute atomic E-state index is 12.4. The number of hydrogen-bond donors (Lipinski definition) is 4. The average Bonchev–Trinajstić information content (AvgIpc) is 3.10. The third-order valence-corrected chi connectivity index (χ3v) is 4.55. The van der Waals surface area contributed by atoms with Gasteiger partial charge in [0.15, 0.2) is 0 Å².